The minimum absolute atomic E-state index is 0. The number of amides is 1. The van der Waals surface area contributed by atoms with Crippen LogP contribution in [-0.2, 0) is 14.8 Å². The van der Waals surface area contributed by atoms with Crippen LogP contribution in [0.2, 0.25) is 0 Å². The van der Waals surface area contributed by atoms with Crippen LogP contribution in [0, 0.1) is 0 Å². The van der Waals surface area contributed by atoms with Crippen molar-refractivity contribution in [3.8, 4) is 5.75 Å². The highest BCUT2D eigenvalue weighted by Gasteiger charge is 2.23. The molecule has 0 atom stereocenters. The molecule has 0 spiro atoms. The fourth-order valence-corrected chi connectivity index (χ4v) is 3.70. The predicted octanol–water partition coefficient (Wildman–Crippen LogP) is 2.09. The summed E-state index contributed by atoms with van der Waals surface area (Å²) in [6.45, 7) is 7.12. The van der Waals surface area contributed by atoms with E-state index in [4.69, 9.17) is 4.74 Å². The van der Waals surface area contributed by atoms with Gasteiger partial charge >= 0.3 is 0 Å². The molecule has 0 unspecified atom stereocenters. The summed E-state index contributed by atoms with van der Waals surface area (Å²) in [7, 11) is -1.83. The molecule has 2 N–H and O–H groups in total. The lowest BCUT2D eigenvalue weighted by atomic mass is 10.2. The Kier molecular flexibility index (Phi) is 10.7. The van der Waals surface area contributed by atoms with E-state index in [9.17, 15) is 13.2 Å². The number of nitrogens with one attached hydrogen (secondary N) is 2. The number of halogens is 1. The van der Waals surface area contributed by atoms with Gasteiger partial charge in [0.15, 0.2) is 0 Å². The molecule has 0 bridgehead atoms. The minimum Gasteiger partial charge on any atom is -0.492 e. The van der Waals surface area contributed by atoms with Gasteiger partial charge in [0.1, 0.15) is 5.75 Å². The number of ether oxygens (including phenoxy) is 1. The molecule has 1 rings (SSSR count). The molecule has 9 heteroatoms. The summed E-state index contributed by atoms with van der Waals surface area (Å²) in [6.07, 6.45) is 0.287. The van der Waals surface area contributed by atoms with Gasteiger partial charge in [-0.3, -0.25) is 4.79 Å². The Morgan fingerprint density at radius 2 is 1.84 bits per heavy atom. The summed E-state index contributed by atoms with van der Waals surface area (Å²) in [5, 5.41) is 5.63. The van der Waals surface area contributed by atoms with Crippen molar-refractivity contribution >= 4 is 34.0 Å². The van der Waals surface area contributed by atoms with Crippen molar-refractivity contribution in [3.63, 3.8) is 0 Å². The van der Waals surface area contributed by atoms with Crippen LogP contribution < -0.4 is 15.4 Å². The van der Waals surface area contributed by atoms with Crippen molar-refractivity contribution in [2.75, 3.05) is 38.6 Å². The smallest absolute Gasteiger partial charge is 0.243 e. The molecule has 1 amide bonds. The molecule has 25 heavy (non-hydrogen) atoms. The second kappa shape index (κ2) is 11.3. The number of nitrogens with zero attached hydrogens (tertiary/aromatic N) is 1. The molecule has 0 aliphatic carbocycles. The van der Waals surface area contributed by atoms with Gasteiger partial charge in [-0.2, -0.15) is 4.31 Å². The number of anilines is 1. The first-order valence-electron chi connectivity index (χ1n) is 8.12. The van der Waals surface area contributed by atoms with Crippen molar-refractivity contribution in [2.45, 2.75) is 32.1 Å². The van der Waals surface area contributed by atoms with Gasteiger partial charge in [-0.1, -0.05) is 13.8 Å². The Morgan fingerprint density at radius 1 is 1.20 bits per heavy atom. The molecule has 7 nitrogen and oxygen atoms in total. The second-order valence-electron chi connectivity index (χ2n) is 5.08. The highest BCUT2D eigenvalue weighted by atomic mass is 35.5. The van der Waals surface area contributed by atoms with Gasteiger partial charge in [0.2, 0.25) is 15.9 Å². The molecule has 0 aliphatic heterocycles. The van der Waals surface area contributed by atoms with Crippen LogP contribution in [0.4, 0.5) is 5.69 Å². The molecule has 1 aromatic carbocycles. The van der Waals surface area contributed by atoms with Crippen LogP contribution in [0.5, 0.6) is 5.75 Å². The van der Waals surface area contributed by atoms with Gasteiger partial charge in [0, 0.05) is 26.1 Å². The van der Waals surface area contributed by atoms with E-state index in [0.29, 0.717) is 37.7 Å². The van der Waals surface area contributed by atoms with Gasteiger partial charge in [-0.25, -0.2) is 8.42 Å². The van der Waals surface area contributed by atoms with Gasteiger partial charge < -0.3 is 15.4 Å². The average molecular weight is 394 g/mol. The topological polar surface area (TPSA) is 87.7 Å². The third-order valence-corrected chi connectivity index (χ3v) is 5.52. The number of rotatable bonds is 10. The zero-order valence-electron chi connectivity index (χ0n) is 15.2. The molecule has 144 valence electrons. The highest BCUT2D eigenvalue weighted by molar-refractivity contribution is 7.89. The Hall–Kier alpha value is -1.35. The largest absolute Gasteiger partial charge is 0.492 e. The fraction of sp³-hybridized carbons (Fsp3) is 0.562. The van der Waals surface area contributed by atoms with Crippen molar-refractivity contribution in [3.05, 3.63) is 18.2 Å². The maximum absolute atomic E-state index is 12.6. The summed E-state index contributed by atoms with van der Waals surface area (Å²) in [5.74, 6) is 0.247. The number of carbonyl (C=O) groups is 1. The Bertz CT molecular complexity index is 649. The Morgan fingerprint density at radius 3 is 2.36 bits per heavy atom. The Labute approximate surface area is 156 Å². The van der Waals surface area contributed by atoms with Crippen LogP contribution in [-0.4, -0.2) is 51.9 Å². The molecular weight excluding hydrogens is 366 g/mol. The highest BCUT2D eigenvalue weighted by Crippen LogP contribution is 2.29. The lowest BCUT2D eigenvalue weighted by molar-refractivity contribution is -0.116. The molecule has 1 aromatic rings. The van der Waals surface area contributed by atoms with Crippen molar-refractivity contribution in [2.24, 2.45) is 0 Å². The zero-order valence-corrected chi connectivity index (χ0v) is 16.8. The molecule has 0 aromatic heterocycles. The Balaban J connectivity index is 0.00000576. The van der Waals surface area contributed by atoms with Crippen LogP contribution in [0.1, 0.15) is 27.2 Å². The third kappa shape index (κ3) is 6.47. The molecular formula is C16H28ClN3O4S. The summed E-state index contributed by atoms with van der Waals surface area (Å²) in [5.41, 5.74) is 0.367. The zero-order chi connectivity index (χ0) is 18.2. The summed E-state index contributed by atoms with van der Waals surface area (Å²) < 4.78 is 32.1. The molecule has 0 aliphatic rings. The first kappa shape index (κ1) is 23.6. The maximum Gasteiger partial charge on any atom is 0.243 e. The number of sulfonamides is 1. The van der Waals surface area contributed by atoms with Crippen LogP contribution in [0.15, 0.2) is 23.1 Å². The van der Waals surface area contributed by atoms with E-state index in [0.717, 1.165) is 0 Å². The normalized spacial score (nSPS) is 11.1. The molecule has 0 saturated carbocycles. The van der Waals surface area contributed by atoms with E-state index in [1.54, 1.807) is 27.0 Å². The van der Waals surface area contributed by atoms with Gasteiger partial charge in [-0.05, 0) is 32.2 Å². The van der Waals surface area contributed by atoms with E-state index < -0.39 is 10.0 Å². The van der Waals surface area contributed by atoms with Crippen LogP contribution in [0.25, 0.3) is 0 Å². The van der Waals surface area contributed by atoms with Crippen LogP contribution in [0.3, 0.4) is 0 Å². The van der Waals surface area contributed by atoms with Crippen molar-refractivity contribution in [1.29, 1.82) is 0 Å². The van der Waals surface area contributed by atoms with Crippen molar-refractivity contribution < 1.29 is 17.9 Å². The quantitative estimate of drug-likeness (QED) is 0.635. The van der Waals surface area contributed by atoms with E-state index in [1.807, 2.05) is 6.92 Å². The first-order valence-corrected chi connectivity index (χ1v) is 9.56. The van der Waals surface area contributed by atoms with E-state index in [-0.39, 0.29) is 29.6 Å². The lowest BCUT2D eigenvalue weighted by Gasteiger charge is -2.20. The minimum atomic E-state index is -3.59. The molecule has 0 saturated heterocycles. The number of benzene rings is 1. The first-order chi connectivity index (χ1) is 11.4. The van der Waals surface area contributed by atoms with Gasteiger partial charge in [-0.15, -0.1) is 12.4 Å². The predicted molar refractivity (Wildman–Crippen MR) is 102 cm³/mol. The SMILES string of the molecule is CCOc1ccc(S(=O)(=O)N(CC)CC)cc1NC(=O)CCNC.Cl. The fourth-order valence-electron chi connectivity index (χ4n) is 2.21. The van der Waals surface area contributed by atoms with Crippen molar-refractivity contribution in [1.82, 2.24) is 9.62 Å². The van der Waals surface area contributed by atoms with E-state index in [1.165, 1.54) is 16.4 Å². The molecule has 0 fully saturated rings. The van der Waals surface area contributed by atoms with E-state index >= 15 is 0 Å². The lowest BCUT2D eigenvalue weighted by Crippen LogP contribution is -2.30. The van der Waals surface area contributed by atoms with E-state index in [2.05, 4.69) is 10.6 Å². The van der Waals surface area contributed by atoms with Crippen LogP contribution >= 0.6 is 12.4 Å². The maximum atomic E-state index is 12.6. The van der Waals surface area contributed by atoms with Gasteiger partial charge in [0.25, 0.3) is 0 Å². The number of carbonyl (C=O) groups excluding carboxylic acids is 1. The second-order valence-corrected chi connectivity index (χ2v) is 7.02. The van der Waals surface area contributed by atoms with Gasteiger partial charge in [0.05, 0.1) is 17.2 Å². The third-order valence-electron chi connectivity index (χ3n) is 3.47. The summed E-state index contributed by atoms with van der Waals surface area (Å²) in [4.78, 5) is 12.1. The molecule has 0 radical (unpaired) electrons. The average Bonchev–Trinajstić information content (AvgIpc) is 2.55. The molecule has 0 heterocycles. The standard InChI is InChI=1S/C16H27N3O4S.ClH/c1-5-19(6-2)24(21,22)13-8-9-15(23-7-3)14(12-13)18-16(20)10-11-17-4;/h8-9,12,17H,5-7,10-11H2,1-4H3,(H,18,20);1H. The number of hydrogen-bond donors (Lipinski definition) is 2. The summed E-state index contributed by atoms with van der Waals surface area (Å²) >= 11 is 0. The number of hydrogen-bond acceptors (Lipinski definition) is 5. The monoisotopic (exact) mass is 393 g/mol. The summed E-state index contributed by atoms with van der Waals surface area (Å²) in [6, 6.07) is 4.53.